The largest absolute Gasteiger partial charge is 0.394 e. The summed E-state index contributed by atoms with van der Waals surface area (Å²) < 4.78 is 0. The van der Waals surface area contributed by atoms with E-state index in [9.17, 15) is 15.0 Å². The Bertz CT molecular complexity index is 328. The molecule has 0 rings (SSSR count). The highest BCUT2D eigenvalue weighted by atomic mass is 16.4. The van der Waals surface area contributed by atoms with Crippen LogP contribution in [-0.4, -0.2) is 39.9 Å². The fraction of sp³-hybridized carbons (Fsp3) is 0.857. The van der Waals surface area contributed by atoms with Crippen LogP contribution in [0.15, 0.2) is 12.2 Å². The highest BCUT2D eigenvalue weighted by molar-refractivity contribution is 5.83. The van der Waals surface area contributed by atoms with E-state index in [0.29, 0.717) is 0 Å². The van der Waals surface area contributed by atoms with Crippen LogP contribution in [0.1, 0.15) is 96.8 Å². The van der Waals surface area contributed by atoms with Gasteiger partial charge in [-0.15, -0.1) is 0 Å². The van der Waals surface area contributed by atoms with Gasteiger partial charge >= 0.3 is 0 Å². The smallest absolute Gasteiger partial charge is 0.164 e. The molecule has 0 radical (unpaired) electrons. The van der Waals surface area contributed by atoms with Crippen molar-refractivity contribution < 1.29 is 20.1 Å². The van der Waals surface area contributed by atoms with E-state index in [1.807, 2.05) is 0 Å². The first-order chi connectivity index (χ1) is 12.1. The van der Waals surface area contributed by atoms with Crippen LogP contribution in [0.25, 0.3) is 0 Å². The maximum absolute atomic E-state index is 11.5. The third kappa shape index (κ3) is 15.3. The number of aliphatic hydroxyl groups excluding tert-OH is 3. The van der Waals surface area contributed by atoms with Crippen molar-refractivity contribution in [3.8, 4) is 0 Å². The SMILES string of the molecule is CCCCCCCC/C=C\CCCCCCCC(=O)C(O)C(O)CO. The summed E-state index contributed by atoms with van der Waals surface area (Å²) in [5.41, 5.74) is 0. The van der Waals surface area contributed by atoms with E-state index in [1.165, 1.54) is 51.4 Å². The second-order valence-electron chi connectivity index (χ2n) is 7.00. The van der Waals surface area contributed by atoms with Crippen molar-refractivity contribution in [2.75, 3.05) is 6.61 Å². The molecule has 0 bridgehead atoms. The zero-order chi connectivity index (χ0) is 18.8. The second kappa shape index (κ2) is 18.1. The molecule has 2 atom stereocenters. The molecule has 0 aliphatic heterocycles. The first kappa shape index (κ1) is 24.3. The summed E-state index contributed by atoms with van der Waals surface area (Å²) in [6.45, 7) is 1.66. The molecule has 148 valence electrons. The van der Waals surface area contributed by atoms with Crippen molar-refractivity contribution in [2.24, 2.45) is 0 Å². The summed E-state index contributed by atoms with van der Waals surface area (Å²) in [6.07, 6.45) is 17.7. The summed E-state index contributed by atoms with van der Waals surface area (Å²) in [4.78, 5) is 11.5. The van der Waals surface area contributed by atoms with Gasteiger partial charge in [0.15, 0.2) is 5.78 Å². The van der Waals surface area contributed by atoms with Crippen LogP contribution in [-0.2, 0) is 4.79 Å². The third-order valence-corrected chi connectivity index (χ3v) is 4.57. The van der Waals surface area contributed by atoms with Gasteiger partial charge < -0.3 is 15.3 Å². The molecule has 0 amide bonds. The van der Waals surface area contributed by atoms with Crippen molar-refractivity contribution in [3.05, 3.63) is 12.2 Å². The maximum atomic E-state index is 11.5. The zero-order valence-corrected chi connectivity index (χ0v) is 16.2. The molecule has 0 saturated heterocycles. The number of Topliss-reactive ketones (excluding diaryl/α,β-unsaturated/α-hetero) is 1. The van der Waals surface area contributed by atoms with Crippen LogP contribution in [0.2, 0.25) is 0 Å². The van der Waals surface area contributed by atoms with Crippen molar-refractivity contribution in [1.82, 2.24) is 0 Å². The lowest BCUT2D eigenvalue weighted by molar-refractivity contribution is -0.134. The third-order valence-electron chi connectivity index (χ3n) is 4.57. The number of ketones is 1. The molecule has 0 heterocycles. The Morgan fingerprint density at radius 3 is 1.80 bits per heavy atom. The summed E-state index contributed by atoms with van der Waals surface area (Å²) in [5, 5.41) is 27.3. The summed E-state index contributed by atoms with van der Waals surface area (Å²) in [7, 11) is 0. The molecule has 0 fully saturated rings. The molecule has 0 aliphatic carbocycles. The standard InChI is InChI=1S/C21H40O4/c1-2-3-4-5-6-7-8-9-10-11-12-13-14-15-16-17-19(23)21(25)20(24)18-22/h9-10,20-22,24-25H,2-8,11-18H2,1H3/b10-9-. The fourth-order valence-electron chi connectivity index (χ4n) is 2.83. The number of carbonyl (C=O) groups excluding carboxylic acids is 1. The molecule has 0 aromatic carbocycles. The minimum atomic E-state index is -1.44. The van der Waals surface area contributed by atoms with E-state index in [0.717, 1.165) is 32.1 Å². The summed E-state index contributed by atoms with van der Waals surface area (Å²) in [5.74, 6) is -0.376. The molecule has 0 aromatic rings. The molecule has 0 saturated carbocycles. The van der Waals surface area contributed by atoms with Crippen LogP contribution < -0.4 is 0 Å². The first-order valence-electron chi connectivity index (χ1n) is 10.3. The van der Waals surface area contributed by atoms with Gasteiger partial charge in [0.25, 0.3) is 0 Å². The number of hydrogen-bond donors (Lipinski definition) is 3. The predicted octanol–water partition coefficient (Wildman–Crippen LogP) is 4.31. The summed E-state index contributed by atoms with van der Waals surface area (Å²) in [6, 6.07) is 0. The molecule has 4 nitrogen and oxygen atoms in total. The number of rotatable bonds is 18. The van der Waals surface area contributed by atoms with E-state index < -0.39 is 18.8 Å². The van der Waals surface area contributed by atoms with E-state index in [-0.39, 0.29) is 12.2 Å². The topological polar surface area (TPSA) is 77.8 Å². The lowest BCUT2D eigenvalue weighted by atomic mass is 10.0. The lowest BCUT2D eigenvalue weighted by Gasteiger charge is -2.13. The van der Waals surface area contributed by atoms with Gasteiger partial charge in [-0.1, -0.05) is 70.4 Å². The maximum Gasteiger partial charge on any atom is 0.164 e. The van der Waals surface area contributed by atoms with E-state index in [2.05, 4.69) is 19.1 Å². The van der Waals surface area contributed by atoms with Crippen molar-refractivity contribution in [3.63, 3.8) is 0 Å². The van der Waals surface area contributed by atoms with E-state index in [1.54, 1.807) is 0 Å². The molecular weight excluding hydrogens is 316 g/mol. The molecule has 0 aliphatic rings. The number of unbranched alkanes of at least 4 members (excludes halogenated alkanes) is 11. The zero-order valence-electron chi connectivity index (χ0n) is 16.2. The Labute approximate surface area is 154 Å². The Kier molecular flexibility index (Phi) is 17.6. The minimum Gasteiger partial charge on any atom is -0.394 e. The van der Waals surface area contributed by atoms with Gasteiger partial charge in [-0.25, -0.2) is 0 Å². The van der Waals surface area contributed by atoms with Crippen LogP contribution in [0.3, 0.4) is 0 Å². The summed E-state index contributed by atoms with van der Waals surface area (Å²) >= 11 is 0. The highest BCUT2D eigenvalue weighted by Crippen LogP contribution is 2.11. The van der Waals surface area contributed by atoms with Gasteiger partial charge in [-0.3, -0.25) is 4.79 Å². The molecule has 0 spiro atoms. The second-order valence-corrected chi connectivity index (χ2v) is 7.00. The quantitative estimate of drug-likeness (QED) is 0.253. The molecule has 0 aromatic heterocycles. The van der Waals surface area contributed by atoms with Gasteiger partial charge in [-0.05, 0) is 32.1 Å². The average molecular weight is 357 g/mol. The van der Waals surface area contributed by atoms with Crippen LogP contribution >= 0.6 is 0 Å². The number of aliphatic hydroxyl groups is 3. The Balaban J connectivity index is 3.33. The molecule has 2 unspecified atom stereocenters. The van der Waals surface area contributed by atoms with Crippen LogP contribution in [0.4, 0.5) is 0 Å². The van der Waals surface area contributed by atoms with E-state index in [4.69, 9.17) is 5.11 Å². The average Bonchev–Trinajstić information content (AvgIpc) is 2.63. The van der Waals surface area contributed by atoms with Gasteiger partial charge in [0.1, 0.15) is 12.2 Å². The van der Waals surface area contributed by atoms with E-state index >= 15 is 0 Å². The molecular formula is C21H40O4. The van der Waals surface area contributed by atoms with Crippen molar-refractivity contribution in [1.29, 1.82) is 0 Å². The fourth-order valence-corrected chi connectivity index (χ4v) is 2.83. The van der Waals surface area contributed by atoms with Gasteiger partial charge in [-0.2, -0.15) is 0 Å². The van der Waals surface area contributed by atoms with Crippen molar-refractivity contribution >= 4 is 5.78 Å². The normalized spacial score (nSPS) is 14.1. The Morgan fingerprint density at radius 1 is 0.800 bits per heavy atom. The lowest BCUT2D eigenvalue weighted by Crippen LogP contribution is -2.36. The van der Waals surface area contributed by atoms with Gasteiger partial charge in [0.2, 0.25) is 0 Å². The van der Waals surface area contributed by atoms with Crippen molar-refractivity contribution in [2.45, 2.75) is 109 Å². The number of carbonyl (C=O) groups is 1. The first-order valence-corrected chi connectivity index (χ1v) is 10.3. The molecule has 25 heavy (non-hydrogen) atoms. The van der Waals surface area contributed by atoms with Gasteiger partial charge in [0, 0.05) is 6.42 Å². The van der Waals surface area contributed by atoms with Crippen LogP contribution in [0, 0.1) is 0 Å². The Hall–Kier alpha value is -0.710. The minimum absolute atomic E-state index is 0.274. The number of hydrogen-bond acceptors (Lipinski definition) is 4. The predicted molar refractivity (Wildman–Crippen MR) is 104 cm³/mol. The van der Waals surface area contributed by atoms with Gasteiger partial charge in [0.05, 0.1) is 6.61 Å². The molecule has 3 N–H and O–H groups in total. The van der Waals surface area contributed by atoms with Crippen LogP contribution in [0.5, 0.6) is 0 Å². The monoisotopic (exact) mass is 356 g/mol. The number of allylic oxidation sites excluding steroid dienone is 2. The molecule has 4 heteroatoms. The highest BCUT2D eigenvalue weighted by Gasteiger charge is 2.22. The Morgan fingerprint density at radius 2 is 1.28 bits per heavy atom.